The second-order valence-corrected chi connectivity index (χ2v) is 6.14. The molecule has 0 unspecified atom stereocenters. The van der Waals surface area contributed by atoms with Gasteiger partial charge in [0.15, 0.2) is 5.69 Å². The topological polar surface area (TPSA) is 70.4 Å². The zero-order chi connectivity index (χ0) is 18.7. The summed E-state index contributed by atoms with van der Waals surface area (Å²) in [5.41, 5.74) is 1.67. The van der Waals surface area contributed by atoms with Crippen molar-refractivity contribution in [2.24, 2.45) is 0 Å². The Bertz CT molecular complexity index is 967. The van der Waals surface area contributed by atoms with E-state index >= 15 is 0 Å². The highest BCUT2D eigenvalue weighted by atomic mass is 79.9. The highest BCUT2D eigenvalue weighted by Gasteiger charge is 2.31. The molecule has 0 atom stereocenters. The first-order valence-electron chi connectivity index (χ1n) is 7.68. The fourth-order valence-corrected chi connectivity index (χ4v) is 3.07. The summed E-state index contributed by atoms with van der Waals surface area (Å²) in [6.07, 6.45) is 0. The number of aromatic nitrogens is 2. The number of methoxy groups -OCH3 is 2. The summed E-state index contributed by atoms with van der Waals surface area (Å²) in [5.74, 6) is -1.35. The fourth-order valence-electron chi connectivity index (χ4n) is 2.60. The Balaban J connectivity index is 2.38. The summed E-state index contributed by atoms with van der Waals surface area (Å²) in [7, 11) is 2.51. The van der Waals surface area contributed by atoms with Crippen molar-refractivity contribution in [1.29, 1.82) is 0 Å². The van der Waals surface area contributed by atoms with Gasteiger partial charge in [-0.05, 0) is 18.2 Å². The number of nitrogens with zero attached hydrogens (tertiary/aromatic N) is 2. The molecule has 0 N–H and O–H groups in total. The highest BCUT2D eigenvalue weighted by Crippen LogP contribution is 2.33. The summed E-state index contributed by atoms with van der Waals surface area (Å²) in [6.45, 7) is 0. The largest absolute Gasteiger partial charge is 0.465 e. The van der Waals surface area contributed by atoms with Crippen LogP contribution >= 0.6 is 15.9 Å². The van der Waals surface area contributed by atoms with Gasteiger partial charge in [-0.3, -0.25) is 0 Å². The number of rotatable bonds is 4. The predicted octanol–water partition coefficient (Wildman–Crippen LogP) is 3.88. The van der Waals surface area contributed by atoms with Gasteiger partial charge in [-0.15, -0.1) is 0 Å². The Kier molecular flexibility index (Phi) is 5.18. The molecule has 0 aliphatic rings. The van der Waals surface area contributed by atoms with E-state index in [1.807, 2.05) is 36.4 Å². The van der Waals surface area contributed by atoms with Crippen LogP contribution in [0.5, 0.6) is 0 Å². The lowest BCUT2D eigenvalue weighted by atomic mass is 10.1. The zero-order valence-electron chi connectivity index (χ0n) is 14.1. The third-order valence-corrected chi connectivity index (χ3v) is 4.47. The molecular formula is C19H15BrN2O4. The second-order valence-electron chi connectivity index (χ2n) is 5.28. The first kappa shape index (κ1) is 17.9. The molecule has 0 fully saturated rings. The van der Waals surface area contributed by atoms with Gasteiger partial charge in [0.25, 0.3) is 0 Å². The highest BCUT2D eigenvalue weighted by molar-refractivity contribution is 9.10. The van der Waals surface area contributed by atoms with Crippen molar-refractivity contribution in [3.8, 4) is 16.9 Å². The Labute approximate surface area is 158 Å². The van der Waals surface area contributed by atoms with Gasteiger partial charge in [-0.2, -0.15) is 5.10 Å². The normalized spacial score (nSPS) is 10.4. The SMILES string of the molecule is COC(=O)c1c(-c2ccccc2Br)nn(-c2ccccc2)c1C(=O)OC. The standard InChI is InChI=1S/C19H15BrN2O4/c1-25-18(23)15-16(13-10-6-7-11-14(13)20)21-22(17(15)19(24)26-2)12-8-4-3-5-9-12/h3-11H,1-2H3. The monoisotopic (exact) mass is 414 g/mol. The van der Waals surface area contributed by atoms with Crippen molar-refractivity contribution in [3.63, 3.8) is 0 Å². The maximum absolute atomic E-state index is 12.5. The lowest BCUT2D eigenvalue weighted by Gasteiger charge is -2.07. The quantitative estimate of drug-likeness (QED) is 0.605. The van der Waals surface area contributed by atoms with E-state index in [-0.39, 0.29) is 11.3 Å². The average molecular weight is 415 g/mol. The average Bonchev–Trinajstić information content (AvgIpc) is 3.08. The van der Waals surface area contributed by atoms with Crippen LogP contribution in [0.1, 0.15) is 20.8 Å². The number of hydrogen-bond donors (Lipinski definition) is 0. The predicted molar refractivity (Wildman–Crippen MR) is 99.4 cm³/mol. The van der Waals surface area contributed by atoms with Crippen LogP contribution in [-0.4, -0.2) is 35.9 Å². The second kappa shape index (κ2) is 7.53. The molecule has 0 radical (unpaired) electrons. The van der Waals surface area contributed by atoms with Crippen molar-refractivity contribution in [2.45, 2.75) is 0 Å². The Hall–Kier alpha value is -2.93. The van der Waals surface area contributed by atoms with Crippen LogP contribution in [0.4, 0.5) is 0 Å². The molecule has 1 aromatic heterocycles. The fraction of sp³-hybridized carbons (Fsp3) is 0.105. The van der Waals surface area contributed by atoms with E-state index in [2.05, 4.69) is 21.0 Å². The molecule has 0 amide bonds. The molecule has 0 aliphatic heterocycles. The van der Waals surface area contributed by atoms with Crippen molar-refractivity contribution in [1.82, 2.24) is 9.78 Å². The number of halogens is 1. The van der Waals surface area contributed by atoms with E-state index in [4.69, 9.17) is 9.47 Å². The maximum atomic E-state index is 12.5. The molecule has 3 rings (SSSR count). The summed E-state index contributed by atoms with van der Waals surface area (Å²) >= 11 is 3.46. The molecule has 6 nitrogen and oxygen atoms in total. The Morgan fingerprint density at radius 3 is 2.15 bits per heavy atom. The first-order valence-corrected chi connectivity index (χ1v) is 8.47. The third kappa shape index (κ3) is 3.13. The summed E-state index contributed by atoms with van der Waals surface area (Å²) in [6, 6.07) is 16.3. The lowest BCUT2D eigenvalue weighted by molar-refractivity contribution is 0.0549. The molecule has 0 spiro atoms. The van der Waals surface area contributed by atoms with Crippen LogP contribution in [0, 0.1) is 0 Å². The minimum atomic E-state index is -0.681. The number of para-hydroxylation sites is 1. The number of ether oxygens (including phenoxy) is 2. The first-order chi connectivity index (χ1) is 12.6. The number of carbonyl (C=O) groups is 2. The molecule has 0 saturated carbocycles. The van der Waals surface area contributed by atoms with Crippen molar-refractivity contribution >= 4 is 27.9 Å². The molecule has 132 valence electrons. The summed E-state index contributed by atoms with van der Waals surface area (Å²) in [5, 5.41) is 4.53. The third-order valence-electron chi connectivity index (χ3n) is 3.78. The van der Waals surface area contributed by atoms with E-state index in [1.54, 1.807) is 18.2 Å². The van der Waals surface area contributed by atoms with Gasteiger partial charge in [-0.25, -0.2) is 14.3 Å². The van der Waals surface area contributed by atoms with Gasteiger partial charge in [0.05, 0.1) is 19.9 Å². The molecule has 0 bridgehead atoms. The van der Waals surface area contributed by atoms with E-state index in [1.165, 1.54) is 18.9 Å². The van der Waals surface area contributed by atoms with Gasteiger partial charge in [-0.1, -0.05) is 52.3 Å². The summed E-state index contributed by atoms with van der Waals surface area (Å²) in [4.78, 5) is 25.0. The molecule has 2 aromatic carbocycles. The number of carbonyl (C=O) groups excluding carboxylic acids is 2. The number of hydrogen-bond acceptors (Lipinski definition) is 5. The van der Waals surface area contributed by atoms with Crippen LogP contribution in [0.25, 0.3) is 16.9 Å². The van der Waals surface area contributed by atoms with Gasteiger partial charge in [0.2, 0.25) is 0 Å². The van der Waals surface area contributed by atoms with Crippen LogP contribution < -0.4 is 0 Å². The van der Waals surface area contributed by atoms with Crippen LogP contribution in [0.15, 0.2) is 59.1 Å². The van der Waals surface area contributed by atoms with Crippen LogP contribution in [-0.2, 0) is 9.47 Å². The van der Waals surface area contributed by atoms with Gasteiger partial charge in [0, 0.05) is 10.0 Å². The van der Waals surface area contributed by atoms with E-state index in [0.29, 0.717) is 16.9 Å². The van der Waals surface area contributed by atoms with Crippen LogP contribution in [0.3, 0.4) is 0 Å². The van der Waals surface area contributed by atoms with Crippen molar-refractivity contribution < 1.29 is 19.1 Å². The van der Waals surface area contributed by atoms with E-state index in [9.17, 15) is 9.59 Å². The summed E-state index contributed by atoms with van der Waals surface area (Å²) < 4.78 is 11.9. The van der Waals surface area contributed by atoms with E-state index < -0.39 is 11.9 Å². The minimum Gasteiger partial charge on any atom is -0.465 e. The van der Waals surface area contributed by atoms with Gasteiger partial charge >= 0.3 is 11.9 Å². The van der Waals surface area contributed by atoms with Gasteiger partial charge in [0.1, 0.15) is 11.3 Å². The minimum absolute atomic E-state index is 0.0105. The van der Waals surface area contributed by atoms with Crippen molar-refractivity contribution in [3.05, 3.63) is 70.3 Å². The molecule has 1 heterocycles. The Morgan fingerprint density at radius 1 is 0.923 bits per heavy atom. The smallest absolute Gasteiger partial charge is 0.357 e. The van der Waals surface area contributed by atoms with Crippen molar-refractivity contribution in [2.75, 3.05) is 14.2 Å². The molecule has 0 saturated heterocycles. The maximum Gasteiger partial charge on any atom is 0.357 e. The van der Waals surface area contributed by atoms with Gasteiger partial charge < -0.3 is 9.47 Å². The lowest BCUT2D eigenvalue weighted by Crippen LogP contribution is -2.15. The Morgan fingerprint density at radius 2 is 1.54 bits per heavy atom. The molecule has 26 heavy (non-hydrogen) atoms. The molecular weight excluding hydrogens is 400 g/mol. The zero-order valence-corrected chi connectivity index (χ0v) is 15.7. The number of esters is 2. The molecule has 0 aliphatic carbocycles. The molecule has 3 aromatic rings. The molecule has 7 heteroatoms. The van der Waals surface area contributed by atoms with Crippen LogP contribution in [0.2, 0.25) is 0 Å². The van der Waals surface area contributed by atoms with E-state index in [0.717, 1.165) is 4.47 Å². The number of benzene rings is 2.